The maximum atomic E-state index is 12.5. The van der Waals surface area contributed by atoms with Gasteiger partial charge >= 0.3 is 0 Å². The lowest BCUT2D eigenvalue weighted by Crippen LogP contribution is -2.48. The number of aromatic amines is 1. The monoisotopic (exact) mass is 463 g/mol. The van der Waals surface area contributed by atoms with Crippen LogP contribution < -0.4 is 14.4 Å². The number of H-pyrrole nitrogens is 1. The summed E-state index contributed by atoms with van der Waals surface area (Å²) in [6.45, 7) is 6.75. The summed E-state index contributed by atoms with van der Waals surface area (Å²) in [5.41, 5.74) is 4.14. The topological polar surface area (TPSA) is 78.0 Å². The van der Waals surface area contributed by atoms with Crippen molar-refractivity contribution in [3.8, 4) is 11.5 Å². The second-order valence-corrected chi connectivity index (χ2v) is 9.21. The van der Waals surface area contributed by atoms with E-state index in [0.29, 0.717) is 38.3 Å². The second-order valence-electron chi connectivity index (χ2n) is 9.21. The number of aliphatic hydroxyl groups is 1. The lowest BCUT2D eigenvalue weighted by atomic mass is 10.1. The molecule has 1 fully saturated rings. The van der Waals surface area contributed by atoms with Gasteiger partial charge in [-0.2, -0.15) is 0 Å². The van der Waals surface area contributed by atoms with Crippen LogP contribution in [0.2, 0.25) is 0 Å². The number of Topliss-reactive ketones (excluding diaryl/α,β-unsaturated/α-hetero) is 1. The highest BCUT2D eigenvalue weighted by Crippen LogP contribution is 2.39. The first-order valence-electron chi connectivity index (χ1n) is 12.3. The molecular weight excluding hydrogens is 430 g/mol. The molecule has 1 saturated heterocycles. The Bertz CT molecular complexity index is 1120. The number of rotatable bonds is 9. The van der Waals surface area contributed by atoms with Gasteiger partial charge in [0.1, 0.15) is 0 Å². The van der Waals surface area contributed by atoms with Crippen LogP contribution in [-0.4, -0.2) is 66.4 Å². The largest absolute Gasteiger partial charge is 0.454 e. The molecule has 5 rings (SSSR count). The molecule has 0 amide bonds. The number of piperazine rings is 1. The van der Waals surface area contributed by atoms with Crippen LogP contribution in [0.15, 0.2) is 42.5 Å². The number of nitrogens with one attached hydrogen (secondary N) is 1. The summed E-state index contributed by atoms with van der Waals surface area (Å²) in [4.78, 5) is 20.5. The molecule has 0 aliphatic carbocycles. The zero-order valence-corrected chi connectivity index (χ0v) is 19.8. The fourth-order valence-corrected chi connectivity index (χ4v) is 4.97. The lowest BCUT2D eigenvalue weighted by Gasteiger charge is -2.37. The van der Waals surface area contributed by atoms with Gasteiger partial charge in [-0.25, -0.2) is 0 Å². The van der Waals surface area contributed by atoms with E-state index in [4.69, 9.17) is 9.47 Å². The third-order valence-corrected chi connectivity index (χ3v) is 6.91. The van der Waals surface area contributed by atoms with E-state index in [0.717, 1.165) is 55.0 Å². The van der Waals surface area contributed by atoms with Crippen molar-refractivity contribution in [1.82, 2.24) is 9.88 Å². The second kappa shape index (κ2) is 10.1. The zero-order valence-electron chi connectivity index (χ0n) is 19.8. The molecule has 0 bridgehead atoms. The summed E-state index contributed by atoms with van der Waals surface area (Å²) >= 11 is 0. The number of ketones is 1. The SMILES string of the molecule is CCc1cc2c(cc1N1CCN(CC(O)CCCC(=O)c3cc4ccccc4[nH]3)CC1)OCO2. The number of ether oxygens (including phenoxy) is 2. The Labute approximate surface area is 200 Å². The lowest BCUT2D eigenvalue weighted by molar-refractivity contribution is 0.0913. The van der Waals surface area contributed by atoms with E-state index >= 15 is 0 Å². The van der Waals surface area contributed by atoms with Crippen LogP contribution in [0.1, 0.15) is 42.2 Å². The van der Waals surface area contributed by atoms with Crippen LogP contribution >= 0.6 is 0 Å². The van der Waals surface area contributed by atoms with E-state index in [9.17, 15) is 9.90 Å². The molecule has 0 radical (unpaired) electrons. The fourth-order valence-electron chi connectivity index (χ4n) is 4.97. The molecule has 0 saturated carbocycles. The first kappa shape index (κ1) is 22.7. The van der Waals surface area contributed by atoms with Crippen LogP contribution in [0.4, 0.5) is 5.69 Å². The highest BCUT2D eigenvalue weighted by Gasteiger charge is 2.24. The molecule has 3 heterocycles. The van der Waals surface area contributed by atoms with Gasteiger partial charge in [-0.3, -0.25) is 9.69 Å². The normalized spacial score (nSPS) is 16.8. The number of benzene rings is 2. The van der Waals surface area contributed by atoms with E-state index in [2.05, 4.69) is 33.8 Å². The van der Waals surface area contributed by atoms with Crippen LogP contribution in [-0.2, 0) is 6.42 Å². The Morgan fingerprint density at radius 1 is 1.09 bits per heavy atom. The number of carbonyl (C=O) groups is 1. The molecule has 7 heteroatoms. The maximum absolute atomic E-state index is 12.5. The van der Waals surface area contributed by atoms with Crippen molar-refractivity contribution in [3.63, 3.8) is 0 Å². The van der Waals surface area contributed by atoms with Crippen molar-refractivity contribution in [2.24, 2.45) is 0 Å². The standard InChI is InChI=1S/C27H33N3O4/c1-2-19-15-26-27(34-18-33-26)16-24(19)30-12-10-29(11-13-30)17-21(31)7-5-9-25(32)23-14-20-6-3-4-8-22(20)28-23/h3-4,6,8,14-16,21,28,31H,2,5,7,9-13,17-18H2,1H3. The number of carbonyl (C=O) groups excluding carboxylic acids is 1. The van der Waals surface area contributed by atoms with Gasteiger partial charge in [0.2, 0.25) is 6.79 Å². The Morgan fingerprint density at radius 3 is 2.62 bits per heavy atom. The molecule has 2 N–H and O–H groups in total. The van der Waals surface area contributed by atoms with Gasteiger partial charge in [0.25, 0.3) is 0 Å². The van der Waals surface area contributed by atoms with E-state index in [1.54, 1.807) is 0 Å². The number of β-amino-alcohol motifs (C(OH)–C–C–N with tert-alkyl or cyclic N) is 1. The smallest absolute Gasteiger partial charge is 0.231 e. The highest BCUT2D eigenvalue weighted by molar-refractivity contribution is 5.99. The van der Waals surface area contributed by atoms with E-state index in [1.807, 2.05) is 30.3 Å². The molecule has 3 aromatic rings. The Morgan fingerprint density at radius 2 is 1.85 bits per heavy atom. The third-order valence-electron chi connectivity index (χ3n) is 6.91. The van der Waals surface area contributed by atoms with Crippen LogP contribution in [0, 0.1) is 0 Å². The van der Waals surface area contributed by atoms with Gasteiger partial charge in [0, 0.05) is 61.8 Å². The molecule has 2 aromatic carbocycles. The number of hydrogen-bond donors (Lipinski definition) is 2. The number of aryl methyl sites for hydroxylation is 1. The van der Waals surface area contributed by atoms with Crippen molar-refractivity contribution in [2.45, 2.75) is 38.7 Å². The van der Waals surface area contributed by atoms with Gasteiger partial charge in [0.15, 0.2) is 17.3 Å². The predicted molar refractivity (Wildman–Crippen MR) is 133 cm³/mol. The average molecular weight is 464 g/mol. The Balaban J connectivity index is 1.07. The highest BCUT2D eigenvalue weighted by atomic mass is 16.7. The van der Waals surface area contributed by atoms with Crippen molar-refractivity contribution in [1.29, 1.82) is 0 Å². The van der Waals surface area contributed by atoms with E-state index < -0.39 is 6.10 Å². The van der Waals surface area contributed by atoms with Gasteiger partial charge in [-0.05, 0) is 43.0 Å². The number of aliphatic hydroxyl groups excluding tert-OH is 1. The summed E-state index contributed by atoms with van der Waals surface area (Å²) in [6, 6.07) is 14.0. The van der Waals surface area contributed by atoms with Crippen LogP contribution in [0.3, 0.4) is 0 Å². The summed E-state index contributed by atoms with van der Waals surface area (Å²) in [5.74, 6) is 1.77. The number of aromatic nitrogens is 1. The van der Waals surface area contributed by atoms with Crippen LogP contribution in [0.25, 0.3) is 10.9 Å². The third kappa shape index (κ3) is 4.91. The molecule has 2 aliphatic rings. The molecule has 0 spiro atoms. The summed E-state index contributed by atoms with van der Waals surface area (Å²) < 4.78 is 11.1. The summed E-state index contributed by atoms with van der Waals surface area (Å²) in [6.07, 6.45) is 2.29. The minimum atomic E-state index is -0.418. The average Bonchev–Trinajstić information content (AvgIpc) is 3.50. The minimum Gasteiger partial charge on any atom is -0.454 e. The fraction of sp³-hybridized carbons (Fsp3) is 0.444. The summed E-state index contributed by atoms with van der Waals surface area (Å²) in [5, 5.41) is 11.6. The van der Waals surface area contributed by atoms with Gasteiger partial charge < -0.3 is 24.5 Å². The van der Waals surface area contributed by atoms with Crippen molar-refractivity contribution < 1.29 is 19.4 Å². The summed E-state index contributed by atoms with van der Waals surface area (Å²) in [7, 11) is 0. The number of hydrogen-bond acceptors (Lipinski definition) is 6. The quantitative estimate of drug-likeness (QED) is 0.467. The number of fused-ring (bicyclic) bond motifs is 2. The first-order valence-corrected chi connectivity index (χ1v) is 12.3. The van der Waals surface area contributed by atoms with Gasteiger partial charge in [0.05, 0.1) is 11.8 Å². The molecule has 1 atom stereocenters. The maximum Gasteiger partial charge on any atom is 0.231 e. The van der Waals surface area contributed by atoms with Crippen molar-refractivity contribution >= 4 is 22.4 Å². The zero-order chi connectivity index (χ0) is 23.5. The molecule has 180 valence electrons. The molecule has 2 aliphatic heterocycles. The minimum absolute atomic E-state index is 0.104. The Hall–Kier alpha value is -3.03. The first-order chi connectivity index (χ1) is 16.6. The number of anilines is 1. The van der Waals surface area contributed by atoms with Crippen molar-refractivity contribution in [2.75, 3.05) is 44.4 Å². The van der Waals surface area contributed by atoms with Crippen LogP contribution in [0.5, 0.6) is 11.5 Å². The van der Waals surface area contributed by atoms with Gasteiger partial charge in [-0.1, -0.05) is 25.1 Å². The number of para-hydroxylation sites is 1. The molecule has 7 nitrogen and oxygen atoms in total. The van der Waals surface area contributed by atoms with E-state index in [1.165, 1.54) is 11.3 Å². The number of nitrogens with zero attached hydrogens (tertiary/aromatic N) is 2. The molecule has 1 aromatic heterocycles. The van der Waals surface area contributed by atoms with Crippen molar-refractivity contribution in [3.05, 3.63) is 53.7 Å². The molecular formula is C27H33N3O4. The van der Waals surface area contributed by atoms with E-state index in [-0.39, 0.29) is 5.78 Å². The van der Waals surface area contributed by atoms with Gasteiger partial charge in [-0.15, -0.1) is 0 Å². The predicted octanol–water partition coefficient (Wildman–Crippen LogP) is 4.00. The molecule has 1 unspecified atom stereocenters. The molecule has 34 heavy (non-hydrogen) atoms. The Kier molecular flexibility index (Phi) is 6.74.